The van der Waals surface area contributed by atoms with Gasteiger partial charge in [0, 0.05) is 6.61 Å². The van der Waals surface area contributed by atoms with E-state index >= 15 is 0 Å². The molecule has 0 aromatic heterocycles. The van der Waals surface area contributed by atoms with Crippen LogP contribution in [0.3, 0.4) is 0 Å². The zero-order chi connectivity index (χ0) is 13.1. The van der Waals surface area contributed by atoms with Crippen LogP contribution in [0.2, 0.25) is 0 Å². The molecular weight excluding hydrogens is 212 g/mol. The maximum Gasteiger partial charge on any atom is 0.0602 e. The molecule has 0 aromatic carbocycles. The summed E-state index contributed by atoms with van der Waals surface area (Å²) in [5, 5.41) is 8.65. The third-order valence-electron chi connectivity index (χ3n) is 2.82. The van der Waals surface area contributed by atoms with Gasteiger partial charge in [-0.25, -0.2) is 0 Å². The van der Waals surface area contributed by atoms with E-state index in [-0.39, 0.29) is 5.60 Å². The lowest BCUT2D eigenvalue weighted by Gasteiger charge is -2.25. The highest BCUT2D eigenvalue weighted by Gasteiger charge is 2.14. The molecule has 1 unspecified atom stereocenters. The van der Waals surface area contributed by atoms with Crippen LogP contribution in [0.15, 0.2) is 0 Å². The molecule has 1 N–H and O–H groups in total. The summed E-state index contributed by atoms with van der Waals surface area (Å²) in [6, 6.07) is 0. The third kappa shape index (κ3) is 13.9. The summed E-state index contributed by atoms with van der Waals surface area (Å²) in [5.74, 6) is 0. The van der Waals surface area contributed by atoms with Gasteiger partial charge in [-0.1, -0.05) is 38.5 Å². The molecule has 0 saturated carbocycles. The second kappa shape index (κ2) is 9.90. The fourth-order valence-electron chi connectivity index (χ4n) is 2.09. The van der Waals surface area contributed by atoms with Crippen LogP contribution in [-0.4, -0.2) is 23.4 Å². The molecule has 1 atom stereocenters. The van der Waals surface area contributed by atoms with Crippen molar-refractivity contribution in [3.8, 4) is 0 Å². The van der Waals surface area contributed by atoms with Crippen LogP contribution in [0.4, 0.5) is 0 Å². The molecule has 2 nitrogen and oxygen atoms in total. The molecule has 0 saturated heterocycles. The lowest BCUT2D eigenvalue weighted by atomic mass is 10.1. The van der Waals surface area contributed by atoms with Gasteiger partial charge in [-0.2, -0.15) is 0 Å². The Hall–Kier alpha value is -0.0800. The van der Waals surface area contributed by atoms with Crippen molar-refractivity contribution in [3.05, 3.63) is 0 Å². The summed E-state index contributed by atoms with van der Waals surface area (Å²) in [4.78, 5) is 0. The Kier molecular flexibility index (Phi) is 9.85. The highest BCUT2D eigenvalue weighted by atomic mass is 16.5. The highest BCUT2D eigenvalue weighted by Crippen LogP contribution is 2.16. The van der Waals surface area contributed by atoms with Crippen molar-refractivity contribution < 1.29 is 9.84 Å². The number of aliphatic hydroxyl groups excluding tert-OH is 1. The molecule has 0 radical (unpaired) electrons. The predicted octanol–water partition coefficient (Wildman–Crippen LogP) is 4.30. The number of hydrogen-bond donors (Lipinski definition) is 1. The largest absolute Gasteiger partial charge is 0.396 e. The zero-order valence-corrected chi connectivity index (χ0v) is 12.3. The normalized spacial score (nSPS) is 13.9. The van der Waals surface area contributed by atoms with E-state index < -0.39 is 0 Å². The molecule has 0 spiro atoms. The quantitative estimate of drug-likeness (QED) is 0.580. The number of unbranched alkanes of at least 4 members (excludes halogenated alkanes) is 6. The average Bonchev–Trinajstić information content (AvgIpc) is 2.19. The molecular formula is C15H32O2. The minimum Gasteiger partial charge on any atom is -0.396 e. The van der Waals surface area contributed by atoms with Gasteiger partial charge in [-0.3, -0.25) is 0 Å². The van der Waals surface area contributed by atoms with E-state index in [2.05, 4.69) is 27.7 Å². The standard InChI is InChI=1S/C15H32O2/c1-14(17-15(2,3)4)12-10-8-6-5-7-9-11-13-16/h14,16H,5-13H2,1-4H3. The zero-order valence-electron chi connectivity index (χ0n) is 12.3. The van der Waals surface area contributed by atoms with Crippen LogP contribution in [0.1, 0.15) is 79.1 Å². The Labute approximate surface area is 108 Å². The van der Waals surface area contributed by atoms with Gasteiger partial charge in [0.05, 0.1) is 11.7 Å². The predicted molar refractivity (Wildman–Crippen MR) is 74.3 cm³/mol. The molecule has 0 aliphatic carbocycles. The average molecular weight is 244 g/mol. The van der Waals surface area contributed by atoms with Crippen LogP contribution in [-0.2, 0) is 4.74 Å². The summed E-state index contributed by atoms with van der Waals surface area (Å²) in [6.07, 6.45) is 10.2. The Bertz CT molecular complexity index is 161. The van der Waals surface area contributed by atoms with Crippen molar-refractivity contribution in [2.24, 2.45) is 0 Å². The molecule has 0 heterocycles. The van der Waals surface area contributed by atoms with E-state index in [1.807, 2.05) is 0 Å². The molecule has 104 valence electrons. The van der Waals surface area contributed by atoms with Crippen molar-refractivity contribution in [3.63, 3.8) is 0 Å². The molecule has 0 fully saturated rings. The molecule has 2 heteroatoms. The smallest absolute Gasteiger partial charge is 0.0602 e. The molecule has 0 aliphatic heterocycles. The van der Waals surface area contributed by atoms with Gasteiger partial charge in [0.25, 0.3) is 0 Å². The lowest BCUT2D eigenvalue weighted by Crippen LogP contribution is -2.25. The number of rotatable bonds is 10. The summed E-state index contributed by atoms with van der Waals surface area (Å²) in [6.45, 7) is 8.87. The topological polar surface area (TPSA) is 29.5 Å². The fourth-order valence-corrected chi connectivity index (χ4v) is 2.09. The van der Waals surface area contributed by atoms with Crippen molar-refractivity contribution in [1.82, 2.24) is 0 Å². The fraction of sp³-hybridized carbons (Fsp3) is 1.00. The van der Waals surface area contributed by atoms with E-state index in [0.717, 1.165) is 6.42 Å². The third-order valence-corrected chi connectivity index (χ3v) is 2.82. The van der Waals surface area contributed by atoms with Crippen molar-refractivity contribution in [2.75, 3.05) is 6.61 Å². The Morgan fingerprint density at radius 3 is 1.82 bits per heavy atom. The van der Waals surface area contributed by atoms with Gasteiger partial charge >= 0.3 is 0 Å². The van der Waals surface area contributed by atoms with E-state index in [9.17, 15) is 0 Å². The van der Waals surface area contributed by atoms with Crippen molar-refractivity contribution in [1.29, 1.82) is 0 Å². The Morgan fingerprint density at radius 1 is 0.882 bits per heavy atom. The highest BCUT2D eigenvalue weighted by molar-refractivity contribution is 4.63. The summed E-state index contributed by atoms with van der Waals surface area (Å²) >= 11 is 0. The van der Waals surface area contributed by atoms with Crippen molar-refractivity contribution >= 4 is 0 Å². The monoisotopic (exact) mass is 244 g/mol. The van der Waals surface area contributed by atoms with E-state index in [1.54, 1.807) is 0 Å². The first-order valence-electron chi connectivity index (χ1n) is 7.24. The van der Waals surface area contributed by atoms with Crippen molar-refractivity contribution in [2.45, 2.75) is 90.8 Å². The first-order chi connectivity index (χ1) is 7.95. The minimum atomic E-state index is -0.0102. The van der Waals surface area contributed by atoms with E-state index in [1.165, 1.54) is 44.9 Å². The van der Waals surface area contributed by atoms with E-state index in [0.29, 0.717) is 12.7 Å². The number of hydrogen-bond acceptors (Lipinski definition) is 2. The summed E-state index contributed by atoms with van der Waals surface area (Å²) < 4.78 is 5.87. The first-order valence-corrected chi connectivity index (χ1v) is 7.24. The van der Waals surface area contributed by atoms with Gasteiger partial charge in [-0.15, -0.1) is 0 Å². The van der Waals surface area contributed by atoms with Gasteiger partial charge in [0.2, 0.25) is 0 Å². The molecule has 0 aromatic rings. The van der Waals surface area contributed by atoms with Crippen LogP contribution in [0.25, 0.3) is 0 Å². The first kappa shape index (κ1) is 16.9. The molecule has 0 amide bonds. The summed E-state index contributed by atoms with van der Waals surface area (Å²) in [7, 11) is 0. The summed E-state index contributed by atoms with van der Waals surface area (Å²) in [5.41, 5.74) is -0.0102. The van der Waals surface area contributed by atoms with Crippen LogP contribution < -0.4 is 0 Å². The van der Waals surface area contributed by atoms with Crippen LogP contribution in [0, 0.1) is 0 Å². The van der Waals surface area contributed by atoms with Crippen LogP contribution in [0.5, 0.6) is 0 Å². The second-order valence-corrected chi connectivity index (χ2v) is 6.03. The molecule has 0 rings (SSSR count). The lowest BCUT2D eigenvalue weighted by molar-refractivity contribution is -0.0549. The second-order valence-electron chi connectivity index (χ2n) is 6.03. The number of ether oxygens (including phenoxy) is 1. The molecule has 0 bridgehead atoms. The molecule has 0 aliphatic rings. The Balaban J connectivity index is 3.22. The van der Waals surface area contributed by atoms with Gasteiger partial charge in [-0.05, 0) is 40.5 Å². The minimum absolute atomic E-state index is 0.0102. The van der Waals surface area contributed by atoms with Gasteiger partial charge in [0.15, 0.2) is 0 Å². The van der Waals surface area contributed by atoms with Crippen LogP contribution >= 0.6 is 0 Å². The molecule has 17 heavy (non-hydrogen) atoms. The maximum absolute atomic E-state index is 8.65. The Morgan fingerprint density at radius 2 is 1.35 bits per heavy atom. The SMILES string of the molecule is CC(CCCCCCCCCO)OC(C)(C)C. The maximum atomic E-state index is 8.65. The van der Waals surface area contributed by atoms with Gasteiger partial charge in [0.1, 0.15) is 0 Å². The van der Waals surface area contributed by atoms with E-state index in [4.69, 9.17) is 9.84 Å². The van der Waals surface area contributed by atoms with Gasteiger partial charge < -0.3 is 9.84 Å². The number of aliphatic hydroxyl groups is 1.